The van der Waals surface area contributed by atoms with Crippen LogP contribution in [0.5, 0.6) is 0 Å². The van der Waals surface area contributed by atoms with Crippen LogP contribution < -0.4 is 11.1 Å². The van der Waals surface area contributed by atoms with Crippen LogP contribution in [0, 0.1) is 0 Å². The lowest BCUT2D eigenvalue weighted by Crippen LogP contribution is -2.44. The monoisotopic (exact) mass is 191 g/mol. The molecule has 0 atom stereocenters. The molecule has 0 radical (unpaired) electrons. The Balaban J connectivity index is 2.13. The molecule has 1 saturated carbocycles. The molecule has 0 bridgehead atoms. The van der Waals surface area contributed by atoms with Crippen molar-refractivity contribution in [3.05, 3.63) is 18.5 Å². The molecule has 0 unspecified atom stereocenters. The number of rotatable bonds is 3. The van der Waals surface area contributed by atoms with Crippen molar-refractivity contribution in [1.29, 1.82) is 0 Å². The zero-order chi connectivity index (χ0) is 10.0. The van der Waals surface area contributed by atoms with Gasteiger partial charge in [0, 0.05) is 11.7 Å². The third kappa shape index (κ3) is 1.54. The summed E-state index contributed by atoms with van der Waals surface area (Å²) in [5.41, 5.74) is 7.91. The lowest BCUT2D eigenvalue weighted by molar-refractivity contribution is 0.269. The first-order chi connectivity index (χ1) is 6.76. The van der Waals surface area contributed by atoms with Crippen LogP contribution in [-0.2, 0) is 0 Å². The zero-order valence-electron chi connectivity index (χ0n) is 8.59. The lowest BCUT2D eigenvalue weighted by Gasteiger charge is -2.43. The van der Waals surface area contributed by atoms with E-state index in [2.05, 4.69) is 17.2 Å². The first-order valence-corrected chi connectivity index (χ1v) is 5.23. The lowest BCUT2D eigenvalue weighted by atomic mass is 9.74. The highest BCUT2D eigenvalue weighted by Crippen LogP contribution is 2.38. The van der Waals surface area contributed by atoms with Gasteiger partial charge in [0.2, 0.25) is 0 Å². The van der Waals surface area contributed by atoms with Crippen LogP contribution in [0.3, 0.4) is 0 Å². The molecule has 3 N–H and O–H groups in total. The highest BCUT2D eigenvalue weighted by molar-refractivity contribution is 5.65. The first kappa shape index (κ1) is 9.31. The van der Waals surface area contributed by atoms with Crippen molar-refractivity contribution in [2.45, 2.75) is 38.1 Å². The summed E-state index contributed by atoms with van der Waals surface area (Å²) < 4.78 is 0. The van der Waals surface area contributed by atoms with E-state index in [4.69, 9.17) is 5.73 Å². The predicted molar refractivity (Wildman–Crippen MR) is 59.1 cm³/mol. The Kier molecular flexibility index (Phi) is 2.32. The Labute approximate surface area is 84.7 Å². The van der Waals surface area contributed by atoms with E-state index in [1.807, 2.05) is 6.07 Å². The Morgan fingerprint density at radius 3 is 2.86 bits per heavy atom. The van der Waals surface area contributed by atoms with E-state index in [1.54, 1.807) is 12.4 Å². The highest BCUT2D eigenvalue weighted by atomic mass is 15.0. The van der Waals surface area contributed by atoms with Crippen molar-refractivity contribution < 1.29 is 0 Å². The summed E-state index contributed by atoms with van der Waals surface area (Å²) in [6.07, 6.45) is 8.47. The van der Waals surface area contributed by atoms with Crippen molar-refractivity contribution in [2.75, 3.05) is 11.1 Å². The first-order valence-electron chi connectivity index (χ1n) is 5.23. The minimum atomic E-state index is 0.301. The number of pyridine rings is 1. The van der Waals surface area contributed by atoms with Crippen LogP contribution in [-0.4, -0.2) is 10.5 Å². The topological polar surface area (TPSA) is 50.9 Å². The summed E-state index contributed by atoms with van der Waals surface area (Å²) in [6, 6.07) is 1.95. The molecule has 3 nitrogen and oxygen atoms in total. The number of hydrogen-bond donors (Lipinski definition) is 2. The maximum absolute atomic E-state index is 5.84. The molecule has 1 fully saturated rings. The molecule has 0 aliphatic heterocycles. The van der Waals surface area contributed by atoms with Crippen LogP contribution in [0.1, 0.15) is 32.6 Å². The van der Waals surface area contributed by atoms with Crippen molar-refractivity contribution in [1.82, 2.24) is 4.98 Å². The molecule has 3 heteroatoms. The number of nitrogens with one attached hydrogen (secondary N) is 1. The van der Waals surface area contributed by atoms with Crippen molar-refractivity contribution in [3.8, 4) is 0 Å². The predicted octanol–water partition coefficient (Wildman–Crippen LogP) is 2.41. The van der Waals surface area contributed by atoms with Gasteiger partial charge in [-0.25, -0.2) is 0 Å². The van der Waals surface area contributed by atoms with Gasteiger partial charge in [0.25, 0.3) is 0 Å². The molecule has 76 valence electrons. The fourth-order valence-electron chi connectivity index (χ4n) is 1.98. The van der Waals surface area contributed by atoms with E-state index in [0.717, 1.165) is 17.8 Å². The van der Waals surface area contributed by atoms with Gasteiger partial charge in [0.1, 0.15) is 0 Å². The summed E-state index contributed by atoms with van der Waals surface area (Å²) >= 11 is 0. The Morgan fingerprint density at radius 1 is 1.57 bits per heavy atom. The Hall–Kier alpha value is -1.25. The minimum absolute atomic E-state index is 0.301. The van der Waals surface area contributed by atoms with Gasteiger partial charge in [0.05, 0.1) is 17.6 Å². The molecule has 0 saturated heterocycles. The average molecular weight is 191 g/mol. The molecular weight excluding hydrogens is 174 g/mol. The summed E-state index contributed by atoms with van der Waals surface area (Å²) in [6.45, 7) is 2.23. The molecule has 0 spiro atoms. The molecule has 0 aromatic carbocycles. The molecule has 1 heterocycles. The quantitative estimate of drug-likeness (QED) is 0.771. The normalized spacial score (nSPS) is 18.6. The van der Waals surface area contributed by atoms with E-state index in [-0.39, 0.29) is 0 Å². The Morgan fingerprint density at radius 2 is 2.36 bits per heavy atom. The van der Waals surface area contributed by atoms with Crippen LogP contribution >= 0.6 is 0 Å². The van der Waals surface area contributed by atoms with Gasteiger partial charge in [-0.2, -0.15) is 0 Å². The number of hydrogen-bond acceptors (Lipinski definition) is 3. The van der Waals surface area contributed by atoms with Crippen LogP contribution in [0.25, 0.3) is 0 Å². The van der Waals surface area contributed by atoms with Gasteiger partial charge in [-0.15, -0.1) is 0 Å². The molecule has 1 aliphatic rings. The van der Waals surface area contributed by atoms with Crippen LogP contribution in [0.2, 0.25) is 0 Å². The van der Waals surface area contributed by atoms with E-state index in [9.17, 15) is 0 Å². The molecule has 1 aromatic rings. The minimum Gasteiger partial charge on any atom is -0.396 e. The fraction of sp³-hybridized carbons (Fsp3) is 0.545. The van der Waals surface area contributed by atoms with Crippen LogP contribution in [0.15, 0.2) is 18.5 Å². The number of nitrogens with two attached hydrogens (primary N) is 1. The maximum Gasteiger partial charge on any atom is 0.0736 e. The average Bonchev–Trinajstić information content (AvgIpc) is 2.14. The number of nitrogen functional groups attached to an aromatic ring is 1. The highest BCUT2D eigenvalue weighted by Gasteiger charge is 2.35. The third-order valence-corrected chi connectivity index (χ3v) is 3.24. The third-order valence-electron chi connectivity index (χ3n) is 3.24. The summed E-state index contributed by atoms with van der Waals surface area (Å²) in [7, 11) is 0. The van der Waals surface area contributed by atoms with Gasteiger partial charge < -0.3 is 11.1 Å². The standard InChI is InChI=1S/C11H17N3/c1-2-11(5-3-6-11)14-10-4-7-13-8-9(10)12/h4,7-8H,2-3,5-6,12H2,1H3,(H,13,14). The Bertz CT molecular complexity index is 313. The van der Waals surface area contributed by atoms with Gasteiger partial charge in [-0.1, -0.05) is 6.92 Å². The van der Waals surface area contributed by atoms with Crippen LogP contribution in [0.4, 0.5) is 11.4 Å². The molecular formula is C11H17N3. The van der Waals surface area contributed by atoms with Crippen molar-refractivity contribution in [3.63, 3.8) is 0 Å². The number of anilines is 2. The maximum atomic E-state index is 5.84. The van der Waals surface area contributed by atoms with E-state index < -0.39 is 0 Å². The summed E-state index contributed by atoms with van der Waals surface area (Å²) in [5.74, 6) is 0. The van der Waals surface area contributed by atoms with Gasteiger partial charge in [0.15, 0.2) is 0 Å². The zero-order valence-corrected chi connectivity index (χ0v) is 8.59. The molecule has 14 heavy (non-hydrogen) atoms. The second kappa shape index (κ2) is 3.48. The number of aromatic nitrogens is 1. The smallest absolute Gasteiger partial charge is 0.0736 e. The SMILES string of the molecule is CCC1(Nc2ccncc2N)CCC1. The van der Waals surface area contributed by atoms with E-state index in [1.165, 1.54) is 19.3 Å². The van der Waals surface area contributed by atoms with E-state index in [0.29, 0.717) is 5.54 Å². The molecule has 1 aliphatic carbocycles. The summed E-state index contributed by atoms with van der Waals surface area (Å²) in [4.78, 5) is 3.98. The van der Waals surface area contributed by atoms with Gasteiger partial charge >= 0.3 is 0 Å². The van der Waals surface area contributed by atoms with Crippen molar-refractivity contribution >= 4 is 11.4 Å². The van der Waals surface area contributed by atoms with Gasteiger partial charge in [-0.3, -0.25) is 4.98 Å². The fourth-order valence-corrected chi connectivity index (χ4v) is 1.98. The van der Waals surface area contributed by atoms with Crippen molar-refractivity contribution in [2.24, 2.45) is 0 Å². The number of nitrogens with zero attached hydrogens (tertiary/aromatic N) is 1. The van der Waals surface area contributed by atoms with E-state index >= 15 is 0 Å². The second-order valence-corrected chi connectivity index (χ2v) is 4.08. The molecule has 2 rings (SSSR count). The molecule has 0 amide bonds. The summed E-state index contributed by atoms with van der Waals surface area (Å²) in [5, 5.41) is 3.54. The largest absolute Gasteiger partial charge is 0.396 e. The van der Waals surface area contributed by atoms with Gasteiger partial charge in [-0.05, 0) is 31.7 Å². The molecule has 1 aromatic heterocycles. The second-order valence-electron chi connectivity index (χ2n) is 4.08.